The second-order valence-corrected chi connectivity index (χ2v) is 6.93. The molecule has 5 atom stereocenters. The van der Waals surface area contributed by atoms with Crippen LogP contribution in [-0.2, 0) is 49.3 Å². The topological polar surface area (TPSA) is 144 Å². The molecule has 1 fully saturated rings. The third kappa shape index (κ3) is 6.66. The van der Waals surface area contributed by atoms with Gasteiger partial charge in [-0.05, 0) is 6.07 Å². The fourth-order valence-electron chi connectivity index (χ4n) is 3.27. The van der Waals surface area contributed by atoms with Gasteiger partial charge < -0.3 is 33.5 Å². The summed E-state index contributed by atoms with van der Waals surface area (Å²) in [5, 5.41) is 9.73. The number of benzene rings is 1. The first-order valence-corrected chi connectivity index (χ1v) is 9.75. The Bertz CT molecular complexity index is 837. The van der Waals surface area contributed by atoms with E-state index in [0.29, 0.717) is 11.3 Å². The molecule has 0 spiro atoms. The van der Waals surface area contributed by atoms with E-state index >= 15 is 0 Å². The van der Waals surface area contributed by atoms with Crippen molar-refractivity contribution in [2.75, 3.05) is 13.7 Å². The largest absolute Gasteiger partial charge is 0.496 e. The summed E-state index contributed by atoms with van der Waals surface area (Å²) in [6.45, 7) is 2.64. The Morgan fingerprint density at radius 2 is 1.44 bits per heavy atom. The highest BCUT2D eigenvalue weighted by Gasteiger charge is 2.53. The fourth-order valence-corrected chi connectivity index (χ4v) is 3.27. The number of aliphatic hydroxyl groups is 1. The Hall–Kier alpha value is -3.18. The SMILES string of the molecule is COc1ccccc1CC(=O)OC1O[C@H](CO)[C@@H](OC(C)=O)[C@H](OC(C)=O)[C@H]1OC(C)=O. The van der Waals surface area contributed by atoms with Crippen LogP contribution in [0.2, 0.25) is 0 Å². The van der Waals surface area contributed by atoms with Crippen LogP contribution in [0.1, 0.15) is 26.3 Å². The van der Waals surface area contributed by atoms with Crippen molar-refractivity contribution in [2.24, 2.45) is 0 Å². The zero-order valence-electron chi connectivity index (χ0n) is 18.1. The molecule has 2 rings (SSSR count). The first-order chi connectivity index (χ1) is 15.2. The monoisotopic (exact) mass is 454 g/mol. The number of carbonyl (C=O) groups excluding carboxylic acids is 4. The highest BCUT2D eigenvalue weighted by Crippen LogP contribution is 2.30. The molecule has 1 aromatic carbocycles. The normalized spacial score (nSPS) is 24.7. The average molecular weight is 454 g/mol. The van der Waals surface area contributed by atoms with Crippen molar-refractivity contribution >= 4 is 23.9 Å². The van der Waals surface area contributed by atoms with Gasteiger partial charge in [-0.1, -0.05) is 18.2 Å². The third-order valence-corrected chi connectivity index (χ3v) is 4.45. The summed E-state index contributed by atoms with van der Waals surface area (Å²) < 4.78 is 31.7. The molecule has 0 aromatic heterocycles. The Labute approximate surface area is 184 Å². The van der Waals surface area contributed by atoms with Crippen molar-refractivity contribution in [1.29, 1.82) is 0 Å². The van der Waals surface area contributed by atoms with Crippen molar-refractivity contribution < 1.29 is 52.7 Å². The molecule has 0 saturated carbocycles. The molecule has 1 aliphatic rings. The molecule has 32 heavy (non-hydrogen) atoms. The zero-order valence-corrected chi connectivity index (χ0v) is 18.1. The standard InChI is InChI=1S/C21H26O11/c1-11(23)28-18-16(10-22)31-21(20(30-13(3)25)19(18)29-12(2)24)32-17(26)9-14-7-5-6-8-15(14)27-4/h5-8,16,18-22H,9-10H2,1-4H3/t16-,18-,19+,20-,21?/m1/s1. The molecule has 0 amide bonds. The number of para-hydroxylation sites is 1. The van der Waals surface area contributed by atoms with Crippen molar-refractivity contribution in [3.8, 4) is 5.75 Å². The van der Waals surface area contributed by atoms with Gasteiger partial charge in [-0.2, -0.15) is 0 Å². The quantitative estimate of drug-likeness (QED) is 0.427. The molecule has 1 aliphatic heterocycles. The van der Waals surface area contributed by atoms with E-state index in [1.54, 1.807) is 24.3 Å². The molecule has 1 unspecified atom stereocenters. The smallest absolute Gasteiger partial charge is 0.312 e. The molecule has 0 radical (unpaired) electrons. The Morgan fingerprint density at radius 3 is 2.00 bits per heavy atom. The van der Waals surface area contributed by atoms with E-state index in [1.807, 2.05) is 0 Å². The summed E-state index contributed by atoms with van der Waals surface area (Å²) in [5.74, 6) is -2.61. The number of aliphatic hydroxyl groups excluding tert-OH is 1. The van der Waals surface area contributed by atoms with Gasteiger partial charge in [-0.15, -0.1) is 0 Å². The lowest BCUT2D eigenvalue weighted by Gasteiger charge is -2.43. The minimum Gasteiger partial charge on any atom is -0.496 e. The Morgan fingerprint density at radius 1 is 0.875 bits per heavy atom. The van der Waals surface area contributed by atoms with E-state index in [4.69, 9.17) is 28.4 Å². The van der Waals surface area contributed by atoms with Gasteiger partial charge in [0.1, 0.15) is 11.9 Å². The van der Waals surface area contributed by atoms with Crippen LogP contribution in [0.15, 0.2) is 24.3 Å². The van der Waals surface area contributed by atoms with Crippen LogP contribution in [0.4, 0.5) is 0 Å². The number of esters is 4. The molecule has 1 saturated heterocycles. The molecule has 1 N–H and O–H groups in total. The van der Waals surface area contributed by atoms with Gasteiger partial charge in [0.15, 0.2) is 12.2 Å². The lowest BCUT2D eigenvalue weighted by atomic mass is 9.98. The number of rotatable bonds is 8. The van der Waals surface area contributed by atoms with E-state index < -0.39 is 61.2 Å². The molecule has 0 bridgehead atoms. The number of carbonyl (C=O) groups is 4. The lowest BCUT2D eigenvalue weighted by Crippen LogP contribution is -2.63. The molecular weight excluding hydrogens is 428 g/mol. The van der Waals surface area contributed by atoms with Crippen LogP contribution in [0, 0.1) is 0 Å². The third-order valence-electron chi connectivity index (χ3n) is 4.45. The second-order valence-electron chi connectivity index (χ2n) is 6.93. The minimum absolute atomic E-state index is 0.202. The Kier molecular flexibility index (Phi) is 8.97. The second kappa shape index (κ2) is 11.4. The first-order valence-electron chi connectivity index (χ1n) is 9.75. The summed E-state index contributed by atoms with van der Waals surface area (Å²) >= 11 is 0. The highest BCUT2D eigenvalue weighted by atomic mass is 16.7. The predicted molar refractivity (Wildman–Crippen MR) is 105 cm³/mol. The van der Waals surface area contributed by atoms with Gasteiger partial charge in [-0.3, -0.25) is 19.2 Å². The molecule has 11 heteroatoms. The van der Waals surface area contributed by atoms with Gasteiger partial charge in [-0.25, -0.2) is 0 Å². The molecule has 11 nitrogen and oxygen atoms in total. The maximum atomic E-state index is 12.6. The maximum Gasteiger partial charge on any atom is 0.312 e. The summed E-state index contributed by atoms with van der Waals surface area (Å²) in [4.78, 5) is 47.5. The fraction of sp³-hybridized carbons (Fsp3) is 0.524. The number of ether oxygens (including phenoxy) is 6. The maximum absolute atomic E-state index is 12.6. The first kappa shape index (κ1) is 25.1. The van der Waals surface area contributed by atoms with E-state index in [9.17, 15) is 24.3 Å². The van der Waals surface area contributed by atoms with Crippen LogP contribution >= 0.6 is 0 Å². The number of hydrogen-bond donors (Lipinski definition) is 1. The summed E-state index contributed by atoms with van der Waals surface area (Å²) in [5.41, 5.74) is 0.535. The summed E-state index contributed by atoms with van der Waals surface area (Å²) in [7, 11) is 1.45. The van der Waals surface area contributed by atoms with Gasteiger partial charge in [0.05, 0.1) is 20.1 Å². The van der Waals surface area contributed by atoms with Gasteiger partial charge >= 0.3 is 23.9 Å². The predicted octanol–water partition coefficient (Wildman–Crippen LogP) is 0.293. The molecule has 1 aromatic rings. The number of hydrogen-bond acceptors (Lipinski definition) is 11. The minimum atomic E-state index is -1.55. The van der Waals surface area contributed by atoms with Gasteiger partial charge in [0.25, 0.3) is 0 Å². The van der Waals surface area contributed by atoms with Crippen LogP contribution < -0.4 is 4.74 Å². The molecule has 1 heterocycles. The lowest BCUT2D eigenvalue weighted by molar-refractivity contribution is -0.300. The highest BCUT2D eigenvalue weighted by molar-refractivity contribution is 5.74. The van der Waals surface area contributed by atoms with E-state index in [0.717, 1.165) is 20.8 Å². The van der Waals surface area contributed by atoms with Crippen molar-refractivity contribution in [2.45, 2.75) is 57.9 Å². The molecule has 176 valence electrons. The van der Waals surface area contributed by atoms with Crippen LogP contribution in [0.3, 0.4) is 0 Å². The van der Waals surface area contributed by atoms with E-state index in [-0.39, 0.29) is 6.42 Å². The van der Waals surface area contributed by atoms with Crippen LogP contribution in [-0.4, -0.2) is 73.4 Å². The molecule has 0 aliphatic carbocycles. The van der Waals surface area contributed by atoms with Crippen molar-refractivity contribution in [3.63, 3.8) is 0 Å². The zero-order chi connectivity index (χ0) is 23.8. The van der Waals surface area contributed by atoms with Crippen molar-refractivity contribution in [3.05, 3.63) is 29.8 Å². The van der Waals surface area contributed by atoms with Crippen LogP contribution in [0.25, 0.3) is 0 Å². The van der Waals surface area contributed by atoms with E-state index in [1.165, 1.54) is 7.11 Å². The average Bonchev–Trinajstić information content (AvgIpc) is 2.71. The van der Waals surface area contributed by atoms with Gasteiger partial charge in [0, 0.05) is 26.3 Å². The summed E-state index contributed by atoms with van der Waals surface area (Å²) in [6, 6.07) is 6.79. The van der Waals surface area contributed by atoms with Crippen LogP contribution in [0.5, 0.6) is 5.75 Å². The van der Waals surface area contributed by atoms with E-state index in [2.05, 4.69) is 0 Å². The van der Waals surface area contributed by atoms with Gasteiger partial charge in [0.2, 0.25) is 12.4 Å². The summed E-state index contributed by atoms with van der Waals surface area (Å²) in [6.07, 6.45) is -7.13. The number of methoxy groups -OCH3 is 1. The Balaban J connectivity index is 2.31. The van der Waals surface area contributed by atoms with Crippen molar-refractivity contribution in [1.82, 2.24) is 0 Å². The molecular formula is C21H26O11.